The summed E-state index contributed by atoms with van der Waals surface area (Å²) in [5.41, 5.74) is 0.244. The molecular weight excluding hydrogens is 354 g/mol. The molecule has 1 aliphatic heterocycles. The van der Waals surface area contributed by atoms with Gasteiger partial charge in [-0.15, -0.1) is 0 Å². The van der Waals surface area contributed by atoms with Crippen LogP contribution in [0.15, 0.2) is 22.7 Å². The normalized spacial score (nSPS) is 24.2. The number of hydrogen-bond donors (Lipinski definition) is 1. The first-order valence-corrected chi connectivity index (χ1v) is 8.54. The number of aliphatic carboxylic acids is 1. The number of nitrogens with zero attached hydrogens (tertiary/aromatic N) is 1. The van der Waals surface area contributed by atoms with Gasteiger partial charge in [0.25, 0.3) is 0 Å². The molecule has 1 N–H and O–H groups in total. The molecule has 21 heavy (non-hydrogen) atoms. The summed E-state index contributed by atoms with van der Waals surface area (Å²) < 4.78 is 0.933. The van der Waals surface area contributed by atoms with E-state index in [4.69, 9.17) is 11.6 Å². The van der Waals surface area contributed by atoms with Crippen molar-refractivity contribution in [2.75, 3.05) is 6.54 Å². The van der Waals surface area contributed by atoms with Gasteiger partial charge in [0, 0.05) is 15.5 Å². The molecule has 0 spiro atoms. The molecule has 1 aliphatic rings. The third-order valence-corrected chi connectivity index (χ3v) is 5.30. The SMILES string of the molecule is CCCC1(C(=O)O)CCCN1C(C)c1ccc(Br)cc1Cl. The highest BCUT2D eigenvalue weighted by Gasteiger charge is 2.48. The zero-order valence-electron chi connectivity index (χ0n) is 12.4. The summed E-state index contributed by atoms with van der Waals surface area (Å²) >= 11 is 9.76. The Morgan fingerprint density at radius 3 is 2.86 bits per heavy atom. The van der Waals surface area contributed by atoms with Crippen molar-refractivity contribution in [2.45, 2.75) is 51.1 Å². The molecule has 0 aliphatic carbocycles. The Kier molecular flexibility index (Phi) is 5.33. The fourth-order valence-corrected chi connectivity index (χ4v) is 4.32. The number of carbonyl (C=O) groups is 1. The van der Waals surface area contributed by atoms with Gasteiger partial charge >= 0.3 is 5.97 Å². The largest absolute Gasteiger partial charge is 0.480 e. The predicted molar refractivity (Wildman–Crippen MR) is 88.8 cm³/mol. The van der Waals surface area contributed by atoms with Crippen LogP contribution >= 0.6 is 27.5 Å². The Labute approximate surface area is 139 Å². The molecule has 0 aromatic heterocycles. The molecule has 1 fully saturated rings. The van der Waals surface area contributed by atoms with Crippen molar-refractivity contribution >= 4 is 33.5 Å². The van der Waals surface area contributed by atoms with Crippen LogP contribution in [-0.2, 0) is 4.79 Å². The summed E-state index contributed by atoms with van der Waals surface area (Å²) in [7, 11) is 0. The molecule has 1 aromatic carbocycles. The van der Waals surface area contributed by atoms with Gasteiger partial charge in [-0.1, -0.05) is 46.9 Å². The van der Waals surface area contributed by atoms with Crippen LogP contribution in [0.5, 0.6) is 0 Å². The maximum Gasteiger partial charge on any atom is 0.324 e. The first-order chi connectivity index (χ1) is 9.92. The number of likely N-dealkylation sites (tertiary alicyclic amines) is 1. The minimum Gasteiger partial charge on any atom is -0.480 e. The van der Waals surface area contributed by atoms with Gasteiger partial charge in [0.1, 0.15) is 5.54 Å². The van der Waals surface area contributed by atoms with Crippen LogP contribution in [0.3, 0.4) is 0 Å². The van der Waals surface area contributed by atoms with Gasteiger partial charge in [-0.25, -0.2) is 0 Å². The lowest BCUT2D eigenvalue weighted by Gasteiger charge is -2.39. The summed E-state index contributed by atoms with van der Waals surface area (Å²) in [4.78, 5) is 14.0. The lowest BCUT2D eigenvalue weighted by atomic mass is 9.89. The summed E-state index contributed by atoms with van der Waals surface area (Å²) in [6.45, 7) is 4.89. The molecule has 1 heterocycles. The average Bonchev–Trinajstić information content (AvgIpc) is 2.83. The second-order valence-electron chi connectivity index (χ2n) is 5.73. The van der Waals surface area contributed by atoms with Crippen molar-refractivity contribution < 1.29 is 9.90 Å². The van der Waals surface area contributed by atoms with E-state index in [1.54, 1.807) is 0 Å². The summed E-state index contributed by atoms with van der Waals surface area (Å²) in [5, 5.41) is 10.5. The van der Waals surface area contributed by atoms with Gasteiger partial charge in [-0.2, -0.15) is 0 Å². The third-order valence-electron chi connectivity index (χ3n) is 4.48. The summed E-state index contributed by atoms with van der Waals surface area (Å²) in [6.07, 6.45) is 3.18. The van der Waals surface area contributed by atoms with Crippen LogP contribution in [-0.4, -0.2) is 28.1 Å². The van der Waals surface area contributed by atoms with E-state index in [0.29, 0.717) is 17.9 Å². The molecule has 1 aromatic rings. The first-order valence-electron chi connectivity index (χ1n) is 7.37. The van der Waals surface area contributed by atoms with Crippen LogP contribution in [0.1, 0.15) is 51.1 Å². The molecule has 0 amide bonds. The molecule has 1 saturated heterocycles. The maximum absolute atomic E-state index is 11.9. The third kappa shape index (κ3) is 3.13. The Balaban J connectivity index is 2.36. The van der Waals surface area contributed by atoms with E-state index in [0.717, 1.165) is 29.4 Å². The van der Waals surface area contributed by atoms with Crippen molar-refractivity contribution in [1.29, 1.82) is 0 Å². The molecule has 0 radical (unpaired) electrons. The Morgan fingerprint density at radius 1 is 1.57 bits per heavy atom. The Morgan fingerprint density at radius 2 is 2.29 bits per heavy atom. The zero-order valence-corrected chi connectivity index (χ0v) is 14.7. The van der Waals surface area contributed by atoms with Crippen molar-refractivity contribution in [3.05, 3.63) is 33.3 Å². The van der Waals surface area contributed by atoms with Crippen molar-refractivity contribution in [1.82, 2.24) is 4.90 Å². The zero-order chi connectivity index (χ0) is 15.6. The molecule has 5 heteroatoms. The lowest BCUT2D eigenvalue weighted by Crippen LogP contribution is -2.51. The molecule has 3 nitrogen and oxygen atoms in total. The standard InChI is InChI=1S/C16H21BrClNO2/c1-3-7-16(15(20)21)8-4-9-19(16)11(2)13-6-5-12(17)10-14(13)18/h5-6,10-11H,3-4,7-9H2,1-2H3,(H,20,21). The fraction of sp³-hybridized carbons (Fsp3) is 0.562. The van der Waals surface area contributed by atoms with E-state index in [9.17, 15) is 9.90 Å². The monoisotopic (exact) mass is 373 g/mol. The predicted octanol–water partition coefficient (Wildman–Crippen LogP) is 4.88. The van der Waals surface area contributed by atoms with Crippen LogP contribution in [0, 0.1) is 0 Å². The molecule has 2 unspecified atom stereocenters. The first kappa shape index (κ1) is 16.8. The second-order valence-corrected chi connectivity index (χ2v) is 7.05. The number of benzene rings is 1. The van der Waals surface area contributed by atoms with Crippen LogP contribution in [0.25, 0.3) is 0 Å². The average molecular weight is 375 g/mol. The number of rotatable bonds is 5. The Bertz CT molecular complexity index is 537. The van der Waals surface area contributed by atoms with E-state index in [1.807, 2.05) is 32.0 Å². The Hall–Kier alpha value is -0.580. The molecule has 0 bridgehead atoms. The van der Waals surface area contributed by atoms with Crippen LogP contribution in [0.4, 0.5) is 0 Å². The number of carboxylic acids is 1. The molecular formula is C16H21BrClNO2. The van der Waals surface area contributed by atoms with E-state index in [1.165, 1.54) is 0 Å². The molecule has 2 rings (SSSR count). The quantitative estimate of drug-likeness (QED) is 0.798. The van der Waals surface area contributed by atoms with Gasteiger partial charge in [-0.3, -0.25) is 9.69 Å². The number of hydrogen-bond acceptors (Lipinski definition) is 2. The van der Waals surface area contributed by atoms with Crippen molar-refractivity contribution in [2.24, 2.45) is 0 Å². The highest BCUT2D eigenvalue weighted by Crippen LogP contribution is 2.41. The lowest BCUT2D eigenvalue weighted by molar-refractivity contribution is -0.151. The molecule has 0 saturated carbocycles. The number of halogens is 2. The molecule has 2 atom stereocenters. The second kappa shape index (κ2) is 6.67. The minimum atomic E-state index is -0.745. The van der Waals surface area contributed by atoms with E-state index < -0.39 is 11.5 Å². The van der Waals surface area contributed by atoms with Gasteiger partial charge < -0.3 is 5.11 Å². The van der Waals surface area contributed by atoms with E-state index >= 15 is 0 Å². The smallest absolute Gasteiger partial charge is 0.324 e. The highest BCUT2D eigenvalue weighted by atomic mass is 79.9. The van der Waals surface area contributed by atoms with Crippen LogP contribution in [0.2, 0.25) is 5.02 Å². The fourth-order valence-electron chi connectivity index (χ4n) is 3.49. The summed E-state index contributed by atoms with van der Waals surface area (Å²) in [5.74, 6) is -0.707. The van der Waals surface area contributed by atoms with Gasteiger partial charge in [0.05, 0.1) is 0 Å². The number of carboxylic acid groups (broad SMARTS) is 1. The van der Waals surface area contributed by atoms with Crippen LogP contribution < -0.4 is 0 Å². The van der Waals surface area contributed by atoms with Gasteiger partial charge in [-0.05, 0) is 50.4 Å². The molecule has 116 valence electrons. The summed E-state index contributed by atoms with van der Waals surface area (Å²) in [6, 6.07) is 5.80. The van der Waals surface area contributed by atoms with Crippen molar-refractivity contribution in [3.63, 3.8) is 0 Å². The van der Waals surface area contributed by atoms with Gasteiger partial charge in [0.15, 0.2) is 0 Å². The minimum absolute atomic E-state index is 0.00394. The van der Waals surface area contributed by atoms with E-state index in [2.05, 4.69) is 20.8 Å². The topological polar surface area (TPSA) is 40.5 Å². The van der Waals surface area contributed by atoms with Gasteiger partial charge in [0.2, 0.25) is 0 Å². The van der Waals surface area contributed by atoms with E-state index in [-0.39, 0.29) is 6.04 Å². The maximum atomic E-state index is 11.9. The highest BCUT2D eigenvalue weighted by molar-refractivity contribution is 9.10. The van der Waals surface area contributed by atoms with Crippen molar-refractivity contribution in [3.8, 4) is 0 Å².